The molecular weight excluding hydrogens is 592 g/mol. The average molecular weight is 675 g/mol. The molecule has 0 spiro atoms. The van der Waals surface area contributed by atoms with Gasteiger partial charge in [0.15, 0.2) is 0 Å². The van der Waals surface area contributed by atoms with Crippen molar-refractivity contribution in [2.24, 2.45) is 0 Å². The van der Waals surface area contributed by atoms with E-state index in [1.54, 1.807) is 0 Å². The summed E-state index contributed by atoms with van der Waals surface area (Å²) in [6.45, 7) is 4.54. The first kappa shape index (κ1) is 46.4. The molecule has 0 saturated heterocycles. The highest BCUT2D eigenvalue weighted by molar-refractivity contribution is 5.69. The Labute approximate surface area is 299 Å². The highest BCUT2D eigenvalue weighted by Gasteiger charge is 2.14. The van der Waals surface area contributed by atoms with Gasteiger partial charge in [-0.1, -0.05) is 179 Å². The quantitative estimate of drug-likeness (QED) is 0.0400. The van der Waals surface area contributed by atoms with Crippen LogP contribution in [0.15, 0.2) is 24.3 Å². The Bertz CT molecular complexity index is 727. The van der Waals surface area contributed by atoms with Crippen molar-refractivity contribution in [3.05, 3.63) is 24.3 Å². The van der Waals surface area contributed by atoms with Gasteiger partial charge in [-0.3, -0.25) is 9.59 Å². The fourth-order valence-electron chi connectivity index (χ4n) is 6.51. The molecule has 0 aliphatic rings. The normalized spacial score (nSPS) is 12.4. The monoisotopic (exact) mass is 675 g/mol. The second-order valence-corrected chi connectivity index (χ2v) is 14.5. The predicted octanol–water partition coefficient (Wildman–Crippen LogP) is 14.8. The number of unbranched alkanes of at least 4 members (excludes halogenated alkanes) is 26. The van der Waals surface area contributed by atoms with Crippen LogP contribution in [0.1, 0.15) is 239 Å². The molecule has 0 saturated carbocycles. The van der Waals surface area contributed by atoms with Gasteiger partial charge >= 0.3 is 11.9 Å². The van der Waals surface area contributed by atoms with Crippen molar-refractivity contribution in [2.45, 2.75) is 245 Å². The van der Waals surface area contributed by atoms with Gasteiger partial charge in [0.2, 0.25) is 0 Å². The lowest BCUT2D eigenvalue weighted by Crippen LogP contribution is -2.18. The third-order valence-electron chi connectivity index (χ3n) is 9.68. The van der Waals surface area contributed by atoms with E-state index in [1.165, 1.54) is 135 Å². The summed E-state index contributed by atoms with van der Waals surface area (Å²) in [5, 5.41) is 8.83. The minimum atomic E-state index is -0.700. The number of ether oxygens (including phenoxy) is 1. The topological polar surface area (TPSA) is 63.6 Å². The van der Waals surface area contributed by atoms with Crippen LogP contribution in [-0.2, 0) is 14.3 Å². The highest BCUT2D eigenvalue weighted by Crippen LogP contribution is 2.19. The van der Waals surface area contributed by atoms with Crippen LogP contribution in [0, 0.1) is 0 Å². The van der Waals surface area contributed by atoms with Crippen LogP contribution in [0.25, 0.3) is 0 Å². The Hall–Kier alpha value is -1.58. The van der Waals surface area contributed by atoms with E-state index in [0.29, 0.717) is 6.42 Å². The molecule has 282 valence electrons. The van der Waals surface area contributed by atoms with Crippen molar-refractivity contribution in [3.8, 4) is 0 Å². The van der Waals surface area contributed by atoms with Crippen molar-refractivity contribution < 1.29 is 19.4 Å². The first-order valence-electron chi connectivity index (χ1n) is 21.3. The molecule has 0 aromatic heterocycles. The molecule has 1 atom stereocenters. The number of hydrogen-bond acceptors (Lipinski definition) is 3. The van der Waals surface area contributed by atoms with Gasteiger partial charge in [0.25, 0.3) is 0 Å². The van der Waals surface area contributed by atoms with Gasteiger partial charge in [0, 0.05) is 12.8 Å². The summed E-state index contributed by atoms with van der Waals surface area (Å²) in [6.07, 6.45) is 50.6. The van der Waals surface area contributed by atoms with Gasteiger partial charge in [-0.25, -0.2) is 0 Å². The predicted molar refractivity (Wildman–Crippen MR) is 209 cm³/mol. The van der Waals surface area contributed by atoms with E-state index < -0.39 is 5.97 Å². The van der Waals surface area contributed by atoms with Crippen LogP contribution in [0.4, 0.5) is 0 Å². The fraction of sp³-hybridized carbons (Fsp3) is 0.864. The van der Waals surface area contributed by atoms with Crippen molar-refractivity contribution in [1.29, 1.82) is 0 Å². The highest BCUT2D eigenvalue weighted by atomic mass is 16.5. The average Bonchev–Trinajstić information content (AvgIpc) is 3.07. The van der Waals surface area contributed by atoms with Gasteiger partial charge in [-0.15, -0.1) is 0 Å². The van der Waals surface area contributed by atoms with Crippen molar-refractivity contribution in [1.82, 2.24) is 0 Å². The van der Waals surface area contributed by atoms with Crippen molar-refractivity contribution in [2.75, 3.05) is 0 Å². The maximum atomic E-state index is 12.7. The zero-order valence-corrected chi connectivity index (χ0v) is 32.3. The summed E-state index contributed by atoms with van der Waals surface area (Å²) in [7, 11) is 0. The van der Waals surface area contributed by atoms with E-state index in [9.17, 15) is 9.59 Å². The Morgan fingerprint density at radius 3 is 1.25 bits per heavy atom. The number of aliphatic carboxylic acids is 1. The van der Waals surface area contributed by atoms with Crippen LogP contribution in [-0.4, -0.2) is 23.1 Å². The summed E-state index contributed by atoms with van der Waals surface area (Å²) in [4.78, 5) is 23.4. The lowest BCUT2D eigenvalue weighted by Gasteiger charge is -2.18. The van der Waals surface area contributed by atoms with Crippen LogP contribution in [0.5, 0.6) is 0 Å². The molecule has 1 N–H and O–H groups in total. The smallest absolute Gasteiger partial charge is 0.306 e. The van der Waals surface area contributed by atoms with Crippen LogP contribution >= 0.6 is 0 Å². The molecule has 1 unspecified atom stereocenters. The largest absolute Gasteiger partial charge is 0.481 e. The molecule has 0 aliphatic heterocycles. The zero-order valence-electron chi connectivity index (χ0n) is 32.3. The number of hydrogen-bond donors (Lipinski definition) is 1. The Balaban J connectivity index is 4.03. The SMILES string of the molecule is CCCCCC/C=C\C/C=C\CCCCCCCC(=O)OC(CCCCCCCCCCCCCCCC)CCCCCCCC(=O)O. The number of carbonyl (C=O) groups is 2. The summed E-state index contributed by atoms with van der Waals surface area (Å²) in [5.41, 5.74) is 0. The summed E-state index contributed by atoms with van der Waals surface area (Å²) < 4.78 is 6.02. The number of carbonyl (C=O) groups excluding carboxylic acids is 1. The third-order valence-corrected chi connectivity index (χ3v) is 9.68. The fourth-order valence-corrected chi connectivity index (χ4v) is 6.51. The van der Waals surface area contributed by atoms with E-state index in [2.05, 4.69) is 38.2 Å². The van der Waals surface area contributed by atoms with E-state index in [1.807, 2.05) is 0 Å². The van der Waals surface area contributed by atoms with E-state index in [4.69, 9.17) is 9.84 Å². The van der Waals surface area contributed by atoms with Gasteiger partial charge in [0.05, 0.1) is 0 Å². The minimum absolute atomic E-state index is 0.00632. The molecule has 0 amide bonds. The molecule has 48 heavy (non-hydrogen) atoms. The standard InChI is InChI=1S/C44H82O4/c1-3-5-7-9-11-13-15-17-19-20-22-24-26-28-33-37-41-44(47)48-42(39-35-31-29-32-36-40-43(45)46)38-34-30-27-25-23-21-18-16-14-12-10-8-6-4-2/h13,15,19-20,42H,3-12,14,16-18,21-41H2,1-2H3,(H,45,46)/b15-13-,20-19-. The summed E-state index contributed by atoms with van der Waals surface area (Å²) >= 11 is 0. The third kappa shape index (κ3) is 38.9. The Morgan fingerprint density at radius 2 is 0.812 bits per heavy atom. The summed E-state index contributed by atoms with van der Waals surface area (Å²) in [5.74, 6) is -0.706. The van der Waals surface area contributed by atoms with Crippen LogP contribution < -0.4 is 0 Å². The second kappa shape index (κ2) is 39.9. The molecule has 0 fully saturated rings. The van der Waals surface area contributed by atoms with E-state index in [0.717, 1.165) is 77.0 Å². The molecule has 0 rings (SSSR count). The molecular formula is C44H82O4. The molecule has 4 heteroatoms. The number of rotatable bonds is 39. The maximum absolute atomic E-state index is 12.7. The molecule has 4 nitrogen and oxygen atoms in total. The first-order valence-corrected chi connectivity index (χ1v) is 21.3. The Morgan fingerprint density at radius 1 is 0.458 bits per heavy atom. The number of carboxylic acid groups (broad SMARTS) is 1. The maximum Gasteiger partial charge on any atom is 0.306 e. The van der Waals surface area contributed by atoms with Gasteiger partial charge in [-0.2, -0.15) is 0 Å². The van der Waals surface area contributed by atoms with Crippen LogP contribution in [0.2, 0.25) is 0 Å². The zero-order chi connectivity index (χ0) is 35.0. The lowest BCUT2D eigenvalue weighted by molar-refractivity contribution is -0.150. The summed E-state index contributed by atoms with van der Waals surface area (Å²) in [6, 6.07) is 0. The van der Waals surface area contributed by atoms with Crippen LogP contribution in [0.3, 0.4) is 0 Å². The molecule has 0 radical (unpaired) electrons. The first-order chi connectivity index (χ1) is 23.6. The molecule has 0 aromatic rings. The molecule has 0 heterocycles. The van der Waals surface area contributed by atoms with Gasteiger partial charge in [-0.05, 0) is 70.6 Å². The number of carboxylic acids is 1. The molecule has 0 bridgehead atoms. The minimum Gasteiger partial charge on any atom is -0.481 e. The number of allylic oxidation sites excluding steroid dienone is 4. The number of esters is 1. The van der Waals surface area contributed by atoms with Crippen molar-refractivity contribution in [3.63, 3.8) is 0 Å². The molecule has 0 aliphatic carbocycles. The van der Waals surface area contributed by atoms with E-state index in [-0.39, 0.29) is 18.5 Å². The lowest BCUT2D eigenvalue weighted by atomic mass is 10.0. The molecule has 0 aromatic carbocycles. The van der Waals surface area contributed by atoms with Gasteiger partial charge < -0.3 is 9.84 Å². The second-order valence-electron chi connectivity index (χ2n) is 14.5. The van der Waals surface area contributed by atoms with E-state index >= 15 is 0 Å². The van der Waals surface area contributed by atoms with Gasteiger partial charge in [0.1, 0.15) is 6.10 Å². The van der Waals surface area contributed by atoms with Crippen molar-refractivity contribution >= 4 is 11.9 Å². The Kier molecular flexibility index (Phi) is 38.5.